The van der Waals surface area contributed by atoms with Crippen molar-refractivity contribution in [1.29, 1.82) is 0 Å². The molecule has 0 amide bonds. The maximum absolute atomic E-state index is 3.57. The minimum atomic E-state index is 0.283. The van der Waals surface area contributed by atoms with E-state index in [1.165, 1.54) is 69.4 Å². The third kappa shape index (κ3) is 3.02. The van der Waals surface area contributed by atoms with Gasteiger partial charge in [-0.3, -0.25) is 4.90 Å². The standard InChI is InChI=1S/C24H31N3/c1-3-9-20(10-4-1)24(15-7-2-8-16-24)26-17-13-21(14-18-26)27-19-25-22-11-5-6-12-23(22)27/h1,3-6,9-12,21,25H,2,7-8,13-19H2. The molecular weight excluding hydrogens is 330 g/mol. The summed E-state index contributed by atoms with van der Waals surface area (Å²) >= 11 is 0. The summed E-state index contributed by atoms with van der Waals surface area (Å²) in [4.78, 5) is 5.44. The van der Waals surface area contributed by atoms with E-state index < -0.39 is 0 Å². The van der Waals surface area contributed by atoms with Gasteiger partial charge in [0.2, 0.25) is 0 Å². The van der Waals surface area contributed by atoms with E-state index in [-0.39, 0.29) is 5.54 Å². The van der Waals surface area contributed by atoms with E-state index in [0.717, 1.165) is 6.67 Å². The molecule has 142 valence electrons. The molecule has 0 spiro atoms. The zero-order valence-electron chi connectivity index (χ0n) is 16.2. The highest BCUT2D eigenvalue weighted by molar-refractivity contribution is 5.74. The maximum atomic E-state index is 3.57. The first-order valence-electron chi connectivity index (χ1n) is 10.8. The van der Waals surface area contributed by atoms with Crippen LogP contribution in [0, 0.1) is 0 Å². The Bertz CT molecular complexity index is 758. The molecule has 0 unspecified atom stereocenters. The molecule has 2 aromatic rings. The Balaban J connectivity index is 1.33. The SMILES string of the molecule is c1ccc(C2(N3CCC(N4CNc5ccccc54)CC3)CCCCC2)cc1. The third-order valence-electron chi connectivity index (χ3n) is 7.16. The first-order chi connectivity index (χ1) is 13.4. The van der Waals surface area contributed by atoms with Gasteiger partial charge in [0.1, 0.15) is 0 Å². The molecule has 0 atom stereocenters. The van der Waals surface area contributed by atoms with Crippen molar-refractivity contribution in [3.63, 3.8) is 0 Å². The summed E-state index contributed by atoms with van der Waals surface area (Å²) < 4.78 is 0. The predicted octanol–water partition coefficient (Wildman–Crippen LogP) is 5.20. The van der Waals surface area contributed by atoms with Gasteiger partial charge in [-0.05, 0) is 43.4 Å². The number of likely N-dealkylation sites (tertiary alicyclic amines) is 1. The van der Waals surface area contributed by atoms with Crippen LogP contribution in [0.1, 0.15) is 50.5 Å². The second-order valence-electron chi connectivity index (χ2n) is 8.50. The molecular formula is C24H31N3. The number of piperidine rings is 1. The van der Waals surface area contributed by atoms with Crippen molar-refractivity contribution in [2.45, 2.75) is 56.5 Å². The number of benzene rings is 2. The number of nitrogens with one attached hydrogen (secondary N) is 1. The van der Waals surface area contributed by atoms with Gasteiger partial charge in [-0.25, -0.2) is 0 Å². The summed E-state index contributed by atoms with van der Waals surface area (Å²) in [5.41, 5.74) is 4.53. The first-order valence-corrected chi connectivity index (χ1v) is 10.8. The van der Waals surface area contributed by atoms with Gasteiger partial charge in [0.15, 0.2) is 0 Å². The van der Waals surface area contributed by atoms with Crippen LogP contribution in [0.4, 0.5) is 11.4 Å². The molecule has 3 heteroatoms. The topological polar surface area (TPSA) is 18.5 Å². The Hall–Kier alpha value is -2.00. The Kier molecular flexibility index (Phi) is 4.56. The lowest BCUT2D eigenvalue weighted by atomic mass is 9.74. The lowest BCUT2D eigenvalue weighted by molar-refractivity contribution is 0.0255. The van der Waals surface area contributed by atoms with Crippen molar-refractivity contribution >= 4 is 11.4 Å². The minimum Gasteiger partial charge on any atom is -0.366 e. The summed E-state index contributed by atoms with van der Waals surface area (Å²) in [6, 6.07) is 20.8. The van der Waals surface area contributed by atoms with E-state index in [9.17, 15) is 0 Å². The van der Waals surface area contributed by atoms with Gasteiger partial charge in [-0.1, -0.05) is 61.7 Å². The van der Waals surface area contributed by atoms with Gasteiger partial charge in [-0.2, -0.15) is 0 Å². The molecule has 1 saturated carbocycles. The Morgan fingerprint density at radius 3 is 2.30 bits per heavy atom. The van der Waals surface area contributed by atoms with Crippen LogP contribution in [0.5, 0.6) is 0 Å². The van der Waals surface area contributed by atoms with Crippen molar-refractivity contribution < 1.29 is 0 Å². The van der Waals surface area contributed by atoms with Gasteiger partial charge < -0.3 is 10.2 Å². The summed E-state index contributed by atoms with van der Waals surface area (Å²) in [5.74, 6) is 0. The van der Waals surface area contributed by atoms with Crippen LogP contribution in [0.15, 0.2) is 54.6 Å². The highest BCUT2D eigenvalue weighted by Crippen LogP contribution is 2.44. The maximum Gasteiger partial charge on any atom is 0.0880 e. The monoisotopic (exact) mass is 361 g/mol. The van der Waals surface area contributed by atoms with Crippen molar-refractivity contribution in [1.82, 2.24) is 4.90 Å². The molecule has 2 fully saturated rings. The van der Waals surface area contributed by atoms with E-state index in [2.05, 4.69) is 69.7 Å². The van der Waals surface area contributed by atoms with E-state index in [1.54, 1.807) is 5.56 Å². The van der Waals surface area contributed by atoms with Crippen molar-refractivity contribution in [2.24, 2.45) is 0 Å². The summed E-state index contributed by atoms with van der Waals surface area (Å²) in [6.07, 6.45) is 9.35. The third-order valence-corrected chi connectivity index (χ3v) is 7.16. The highest BCUT2D eigenvalue weighted by Gasteiger charge is 2.41. The molecule has 5 rings (SSSR count). The van der Waals surface area contributed by atoms with E-state index in [4.69, 9.17) is 0 Å². The largest absolute Gasteiger partial charge is 0.366 e. The number of hydrogen-bond donors (Lipinski definition) is 1. The number of rotatable bonds is 3. The number of para-hydroxylation sites is 2. The van der Waals surface area contributed by atoms with Crippen LogP contribution >= 0.6 is 0 Å². The smallest absolute Gasteiger partial charge is 0.0880 e. The Labute approximate surface area is 163 Å². The van der Waals surface area contributed by atoms with Gasteiger partial charge in [0.25, 0.3) is 0 Å². The van der Waals surface area contributed by atoms with Crippen molar-refractivity contribution in [2.75, 3.05) is 30.0 Å². The molecule has 2 aromatic carbocycles. The van der Waals surface area contributed by atoms with Crippen molar-refractivity contribution in [3.8, 4) is 0 Å². The lowest BCUT2D eigenvalue weighted by Gasteiger charge is -2.50. The first kappa shape index (κ1) is 17.1. The zero-order valence-corrected chi connectivity index (χ0v) is 16.2. The summed E-state index contributed by atoms with van der Waals surface area (Å²) in [7, 11) is 0. The van der Waals surface area contributed by atoms with E-state index in [1.807, 2.05) is 0 Å². The second kappa shape index (κ2) is 7.20. The van der Waals surface area contributed by atoms with Crippen molar-refractivity contribution in [3.05, 3.63) is 60.2 Å². The highest BCUT2D eigenvalue weighted by atomic mass is 15.3. The van der Waals surface area contributed by atoms with Gasteiger partial charge in [0.05, 0.1) is 18.0 Å². The average Bonchev–Trinajstić information content (AvgIpc) is 3.19. The fraction of sp³-hybridized carbons (Fsp3) is 0.500. The van der Waals surface area contributed by atoms with Crippen LogP contribution in [-0.2, 0) is 5.54 Å². The molecule has 1 aliphatic carbocycles. The number of nitrogens with zero attached hydrogens (tertiary/aromatic N) is 2. The molecule has 0 aromatic heterocycles. The van der Waals surface area contributed by atoms with E-state index in [0.29, 0.717) is 6.04 Å². The van der Waals surface area contributed by atoms with Crippen LogP contribution in [0.25, 0.3) is 0 Å². The van der Waals surface area contributed by atoms with Crippen LogP contribution in [0.2, 0.25) is 0 Å². The normalized spacial score (nSPS) is 23.0. The van der Waals surface area contributed by atoms with Crippen LogP contribution in [-0.4, -0.2) is 30.7 Å². The lowest BCUT2D eigenvalue weighted by Crippen LogP contribution is -2.54. The van der Waals surface area contributed by atoms with Crippen LogP contribution < -0.4 is 10.2 Å². The molecule has 0 bridgehead atoms. The number of fused-ring (bicyclic) bond motifs is 1. The van der Waals surface area contributed by atoms with Gasteiger partial charge in [-0.15, -0.1) is 0 Å². The number of hydrogen-bond acceptors (Lipinski definition) is 3. The van der Waals surface area contributed by atoms with Gasteiger partial charge >= 0.3 is 0 Å². The second-order valence-corrected chi connectivity index (χ2v) is 8.50. The zero-order chi connectivity index (χ0) is 18.1. The summed E-state index contributed by atoms with van der Waals surface area (Å²) in [5, 5.41) is 3.57. The fourth-order valence-corrected chi connectivity index (χ4v) is 5.73. The molecule has 0 radical (unpaired) electrons. The van der Waals surface area contributed by atoms with E-state index >= 15 is 0 Å². The minimum absolute atomic E-state index is 0.283. The molecule has 1 saturated heterocycles. The summed E-state index contributed by atoms with van der Waals surface area (Å²) in [6.45, 7) is 3.41. The average molecular weight is 362 g/mol. The molecule has 27 heavy (non-hydrogen) atoms. The molecule has 2 aliphatic heterocycles. The molecule has 3 nitrogen and oxygen atoms in total. The number of anilines is 2. The fourth-order valence-electron chi connectivity index (χ4n) is 5.73. The molecule has 1 N–H and O–H groups in total. The molecule has 2 heterocycles. The Morgan fingerprint density at radius 2 is 1.52 bits per heavy atom. The Morgan fingerprint density at radius 1 is 0.815 bits per heavy atom. The molecule has 3 aliphatic rings. The quantitative estimate of drug-likeness (QED) is 0.810. The van der Waals surface area contributed by atoms with Crippen LogP contribution in [0.3, 0.4) is 0 Å². The predicted molar refractivity (Wildman–Crippen MR) is 113 cm³/mol. The van der Waals surface area contributed by atoms with Gasteiger partial charge in [0, 0.05) is 24.7 Å².